The Morgan fingerprint density at radius 1 is 1.28 bits per heavy atom. The third-order valence-electron chi connectivity index (χ3n) is 4.06. The van der Waals surface area contributed by atoms with Crippen LogP contribution in [0.4, 0.5) is 0 Å². The van der Waals surface area contributed by atoms with E-state index < -0.39 is 0 Å². The number of hydrogen-bond acceptors (Lipinski definition) is 4. The molecular formula is C19H20ClNO3S. The lowest BCUT2D eigenvalue weighted by molar-refractivity contribution is 0.0475. The number of benzene rings is 2. The second-order valence-electron chi connectivity index (χ2n) is 5.69. The van der Waals surface area contributed by atoms with E-state index in [9.17, 15) is 4.79 Å². The average Bonchev–Trinajstić information content (AvgIpc) is 2.66. The van der Waals surface area contributed by atoms with Crippen molar-refractivity contribution in [3.05, 3.63) is 53.1 Å². The Morgan fingerprint density at radius 2 is 2.04 bits per heavy atom. The number of para-hydroxylation sites is 2. The molecule has 0 bridgehead atoms. The standard InChI is InChI=1S/C19H20ClNO3S/c1-3-21(19(22)15-10-14(25-2)8-9-16(15)20)11-13-12-23-17-6-4-5-7-18(17)24-13/h4-10,13H,3,11-12H2,1-2H3. The molecule has 0 radical (unpaired) electrons. The van der Waals surface area contributed by atoms with Crippen LogP contribution in [0, 0.1) is 0 Å². The summed E-state index contributed by atoms with van der Waals surface area (Å²) in [6, 6.07) is 13.1. The lowest BCUT2D eigenvalue weighted by Crippen LogP contribution is -2.43. The molecule has 2 aromatic rings. The molecule has 0 saturated carbocycles. The monoisotopic (exact) mass is 377 g/mol. The predicted octanol–water partition coefficient (Wildman–Crippen LogP) is 4.36. The number of carbonyl (C=O) groups is 1. The van der Waals surface area contributed by atoms with Crippen LogP contribution in [0.2, 0.25) is 5.02 Å². The van der Waals surface area contributed by atoms with Crippen molar-refractivity contribution in [2.75, 3.05) is 26.0 Å². The zero-order chi connectivity index (χ0) is 17.8. The molecule has 1 amide bonds. The Morgan fingerprint density at radius 3 is 2.76 bits per heavy atom. The quantitative estimate of drug-likeness (QED) is 0.725. The molecule has 1 heterocycles. The maximum absolute atomic E-state index is 12.9. The maximum atomic E-state index is 12.9. The number of ether oxygens (including phenoxy) is 2. The second-order valence-corrected chi connectivity index (χ2v) is 6.97. The molecule has 6 heteroatoms. The number of thioether (sulfide) groups is 1. The summed E-state index contributed by atoms with van der Waals surface area (Å²) in [4.78, 5) is 15.7. The summed E-state index contributed by atoms with van der Waals surface area (Å²) in [5.74, 6) is 1.36. The van der Waals surface area contributed by atoms with E-state index in [2.05, 4.69) is 0 Å². The summed E-state index contributed by atoms with van der Waals surface area (Å²) in [5.41, 5.74) is 0.521. The van der Waals surface area contributed by atoms with Crippen molar-refractivity contribution in [1.82, 2.24) is 4.90 Å². The van der Waals surface area contributed by atoms with Crippen LogP contribution >= 0.6 is 23.4 Å². The van der Waals surface area contributed by atoms with E-state index in [0.717, 1.165) is 10.6 Å². The first-order valence-corrected chi connectivity index (χ1v) is 9.74. The lowest BCUT2D eigenvalue weighted by atomic mass is 10.1. The van der Waals surface area contributed by atoms with Crippen LogP contribution < -0.4 is 9.47 Å². The van der Waals surface area contributed by atoms with Gasteiger partial charge in [0.1, 0.15) is 6.61 Å². The molecule has 2 aromatic carbocycles. The van der Waals surface area contributed by atoms with E-state index in [1.165, 1.54) is 0 Å². The van der Waals surface area contributed by atoms with Gasteiger partial charge in [0.2, 0.25) is 0 Å². The van der Waals surface area contributed by atoms with E-state index in [-0.39, 0.29) is 12.0 Å². The average molecular weight is 378 g/mol. The molecule has 0 saturated heterocycles. The minimum absolute atomic E-state index is 0.0918. The number of hydrogen-bond donors (Lipinski definition) is 0. The van der Waals surface area contributed by atoms with Gasteiger partial charge in [-0.3, -0.25) is 4.79 Å². The fourth-order valence-corrected chi connectivity index (χ4v) is 3.36. The Kier molecular flexibility index (Phi) is 5.76. The number of fused-ring (bicyclic) bond motifs is 1. The first-order valence-electron chi connectivity index (χ1n) is 8.13. The molecule has 132 valence electrons. The van der Waals surface area contributed by atoms with Crippen LogP contribution in [0.5, 0.6) is 11.5 Å². The van der Waals surface area contributed by atoms with Crippen molar-refractivity contribution < 1.29 is 14.3 Å². The number of halogens is 1. The van der Waals surface area contributed by atoms with Gasteiger partial charge in [0.25, 0.3) is 5.91 Å². The zero-order valence-electron chi connectivity index (χ0n) is 14.2. The molecule has 3 rings (SSSR count). The Hall–Kier alpha value is -1.85. The molecule has 1 unspecified atom stereocenters. The molecule has 0 fully saturated rings. The smallest absolute Gasteiger partial charge is 0.255 e. The number of carbonyl (C=O) groups excluding carboxylic acids is 1. The van der Waals surface area contributed by atoms with Crippen molar-refractivity contribution in [1.29, 1.82) is 0 Å². The topological polar surface area (TPSA) is 38.8 Å². The van der Waals surface area contributed by atoms with Gasteiger partial charge in [0, 0.05) is 11.4 Å². The molecule has 0 aliphatic carbocycles. The summed E-state index contributed by atoms with van der Waals surface area (Å²) in [6.07, 6.45) is 1.76. The van der Waals surface area contributed by atoms with E-state index in [0.29, 0.717) is 36.0 Å². The molecule has 4 nitrogen and oxygen atoms in total. The van der Waals surface area contributed by atoms with Gasteiger partial charge in [0.05, 0.1) is 17.1 Å². The molecule has 1 aliphatic rings. The van der Waals surface area contributed by atoms with E-state index >= 15 is 0 Å². The van der Waals surface area contributed by atoms with Crippen molar-refractivity contribution in [3.8, 4) is 11.5 Å². The van der Waals surface area contributed by atoms with Gasteiger partial charge in [0.15, 0.2) is 17.6 Å². The molecular weight excluding hydrogens is 358 g/mol. The summed E-state index contributed by atoms with van der Waals surface area (Å²) < 4.78 is 11.7. The zero-order valence-corrected chi connectivity index (χ0v) is 15.8. The fraction of sp³-hybridized carbons (Fsp3) is 0.316. The molecule has 0 spiro atoms. The maximum Gasteiger partial charge on any atom is 0.255 e. The number of likely N-dealkylation sites (N-methyl/N-ethyl adjacent to an activating group) is 1. The number of nitrogens with zero attached hydrogens (tertiary/aromatic N) is 1. The first-order chi connectivity index (χ1) is 12.1. The summed E-state index contributed by atoms with van der Waals surface area (Å²) in [6.45, 7) is 3.38. The summed E-state index contributed by atoms with van der Waals surface area (Å²) in [7, 11) is 0. The van der Waals surface area contributed by atoms with Gasteiger partial charge in [-0.05, 0) is 43.5 Å². The van der Waals surface area contributed by atoms with Crippen LogP contribution in [0.15, 0.2) is 47.4 Å². The largest absolute Gasteiger partial charge is 0.486 e. The predicted molar refractivity (Wildman–Crippen MR) is 101 cm³/mol. The lowest BCUT2D eigenvalue weighted by Gasteiger charge is -2.31. The van der Waals surface area contributed by atoms with Crippen molar-refractivity contribution in [2.45, 2.75) is 17.9 Å². The highest BCUT2D eigenvalue weighted by Gasteiger charge is 2.26. The van der Waals surface area contributed by atoms with Gasteiger partial charge < -0.3 is 14.4 Å². The van der Waals surface area contributed by atoms with Crippen molar-refractivity contribution in [2.24, 2.45) is 0 Å². The van der Waals surface area contributed by atoms with Gasteiger partial charge in [-0.1, -0.05) is 23.7 Å². The van der Waals surface area contributed by atoms with Crippen LogP contribution in [0.25, 0.3) is 0 Å². The highest BCUT2D eigenvalue weighted by Crippen LogP contribution is 2.31. The molecule has 1 atom stereocenters. The Labute approximate surface area is 157 Å². The summed E-state index contributed by atoms with van der Waals surface area (Å²) >= 11 is 7.83. The van der Waals surface area contributed by atoms with E-state index in [1.807, 2.05) is 49.6 Å². The van der Waals surface area contributed by atoms with Crippen molar-refractivity contribution >= 4 is 29.3 Å². The van der Waals surface area contributed by atoms with Gasteiger partial charge >= 0.3 is 0 Å². The minimum atomic E-state index is -0.207. The van der Waals surface area contributed by atoms with Crippen LogP contribution in [-0.2, 0) is 0 Å². The van der Waals surface area contributed by atoms with E-state index in [1.54, 1.807) is 22.7 Å². The third kappa shape index (κ3) is 4.05. The highest BCUT2D eigenvalue weighted by molar-refractivity contribution is 7.98. The first kappa shape index (κ1) is 18.0. The second kappa shape index (κ2) is 8.02. The normalized spacial score (nSPS) is 15.7. The molecule has 1 aliphatic heterocycles. The van der Waals surface area contributed by atoms with Crippen LogP contribution in [0.3, 0.4) is 0 Å². The molecule has 0 aromatic heterocycles. The number of amides is 1. The minimum Gasteiger partial charge on any atom is -0.486 e. The van der Waals surface area contributed by atoms with Gasteiger partial charge in [-0.25, -0.2) is 0 Å². The Bertz CT molecular complexity index is 768. The van der Waals surface area contributed by atoms with E-state index in [4.69, 9.17) is 21.1 Å². The van der Waals surface area contributed by atoms with Gasteiger partial charge in [-0.15, -0.1) is 11.8 Å². The summed E-state index contributed by atoms with van der Waals surface area (Å²) in [5, 5.41) is 0.465. The highest BCUT2D eigenvalue weighted by atomic mass is 35.5. The van der Waals surface area contributed by atoms with Crippen LogP contribution in [0.1, 0.15) is 17.3 Å². The molecule has 25 heavy (non-hydrogen) atoms. The SMILES string of the molecule is CCN(CC1COc2ccccc2O1)C(=O)c1cc(SC)ccc1Cl. The Balaban J connectivity index is 1.74. The van der Waals surface area contributed by atoms with Crippen molar-refractivity contribution in [3.63, 3.8) is 0 Å². The van der Waals surface area contributed by atoms with Gasteiger partial charge in [-0.2, -0.15) is 0 Å². The number of rotatable bonds is 5. The molecule has 0 N–H and O–H groups in total. The third-order valence-corrected chi connectivity index (χ3v) is 5.12. The van der Waals surface area contributed by atoms with Crippen LogP contribution in [-0.4, -0.2) is 42.9 Å². The fourth-order valence-electron chi connectivity index (χ4n) is 2.72.